The van der Waals surface area contributed by atoms with Gasteiger partial charge in [-0.25, -0.2) is 0 Å². The highest BCUT2D eigenvalue weighted by molar-refractivity contribution is 5.74. The van der Waals surface area contributed by atoms with Crippen LogP contribution in [-0.2, 0) is 9.53 Å². The Bertz CT molecular complexity index is 91.7. The fraction of sp³-hybridized carbons (Fsp3) is 0.500. The van der Waals surface area contributed by atoms with Gasteiger partial charge in [-0.15, -0.1) is 0 Å². The normalized spacial score (nSPS) is 22.7. The minimum Gasteiger partial charge on any atom is -0.437 e. The Morgan fingerprint density at radius 2 is 2.57 bits per heavy atom. The molecule has 0 unspecified atom stereocenters. The number of hydrogen-bond donors (Lipinski definition) is 1. The molecule has 1 radical (unpaired) electrons. The molecule has 1 aliphatic rings. The van der Waals surface area contributed by atoms with Gasteiger partial charge >= 0.3 is 5.97 Å². The molecule has 1 aliphatic heterocycles. The SMILES string of the molecule is C[C]1NCC(=O)O1. The third-order valence-electron chi connectivity index (χ3n) is 0.749. The summed E-state index contributed by atoms with van der Waals surface area (Å²) in [5.41, 5.74) is 0. The van der Waals surface area contributed by atoms with Crippen LogP contribution in [0.4, 0.5) is 0 Å². The second kappa shape index (κ2) is 1.50. The Balaban J connectivity index is 2.40. The molecule has 1 N–H and O–H groups in total. The van der Waals surface area contributed by atoms with E-state index in [0.717, 1.165) is 0 Å². The van der Waals surface area contributed by atoms with Crippen molar-refractivity contribution in [3.05, 3.63) is 6.23 Å². The summed E-state index contributed by atoms with van der Waals surface area (Å²) >= 11 is 0. The van der Waals surface area contributed by atoms with Crippen molar-refractivity contribution < 1.29 is 9.53 Å². The van der Waals surface area contributed by atoms with Crippen LogP contribution in [0.1, 0.15) is 6.92 Å². The van der Waals surface area contributed by atoms with Crippen molar-refractivity contribution >= 4 is 5.97 Å². The maximum Gasteiger partial charge on any atom is 0.322 e. The Morgan fingerprint density at radius 1 is 1.86 bits per heavy atom. The maximum atomic E-state index is 10.1. The summed E-state index contributed by atoms with van der Waals surface area (Å²) in [4.78, 5) is 10.1. The number of esters is 1. The van der Waals surface area contributed by atoms with Gasteiger partial charge in [0.05, 0.1) is 6.54 Å². The van der Waals surface area contributed by atoms with Crippen molar-refractivity contribution in [1.29, 1.82) is 0 Å². The van der Waals surface area contributed by atoms with Crippen LogP contribution in [0.15, 0.2) is 0 Å². The largest absolute Gasteiger partial charge is 0.437 e. The van der Waals surface area contributed by atoms with Gasteiger partial charge in [0.2, 0.25) is 6.23 Å². The molecule has 3 heteroatoms. The highest BCUT2D eigenvalue weighted by Crippen LogP contribution is 2.01. The summed E-state index contributed by atoms with van der Waals surface area (Å²) in [5, 5.41) is 2.71. The second-order valence-corrected chi connectivity index (χ2v) is 1.38. The topological polar surface area (TPSA) is 38.3 Å². The molecule has 1 saturated heterocycles. The van der Waals surface area contributed by atoms with Gasteiger partial charge < -0.3 is 4.74 Å². The Hall–Kier alpha value is -0.570. The van der Waals surface area contributed by atoms with E-state index in [2.05, 4.69) is 10.1 Å². The molecule has 1 fully saturated rings. The molecule has 0 aromatic carbocycles. The first-order valence-corrected chi connectivity index (χ1v) is 2.07. The highest BCUT2D eigenvalue weighted by Gasteiger charge is 2.17. The van der Waals surface area contributed by atoms with Gasteiger partial charge in [0.25, 0.3) is 0 Å². The first kappa shape index (κ1) is 4.59. The second-order valence-electron chi connectivity index (χ2n) is 1.38. The third kappa shape index (κ3) is 0.899. The molecular weight excluding hydrogens is 94.0 g/mol. The van der Waals surface area contributed by atoms with Crippen LogP contribution < -0.4 is 5.32 Å². The van der Waals surface area contributed by atoms with Crippen LogP contribution in [0.5, 0.6) is 0 Å². The Morgan fingerprint density at radius 3 is 2.71 bits per heavy atom. The standard InChI is InChI=1S/C4H6NO2/c1-3-5-2-4(6)7-3/h5H,2H2,1H3. The number of hydrogen-bond acceptors (Lipinski definition) is 3. The molecular formula is C4H6NO2. The van der Waals surface area contributed by atoms with Crippen LogP contribution >= 0.6 is 0 Å². The summed E-state index contributed by atoms with van der Waals surface area (Å²) in [6.07, 6.45) is 0.602. The molecule has 0 atom stereocenters. The molecule has 0 spiro atoms. The molecule has 0 bridgehead atoms. The fourth-order valence-electron chi connectivity index (χ4n) is 0.440. The van der Waals surface area contributed by atoms with Gasteiger partial charge in [-0.05, 0) is 6.92 Å². The molecule has 1 heterocycles. The number of cyclic esters (lactones) is 1. The van der Waals surface area contributed by atoms with Crippen molar-refractivity contribution in [1.82, 2.24) is 5.32 Å². The van der Waals surface area contributed by atoms with E-state index in [1.54, 1.807) is 6.92 Å². The van der Waals surface area contributed by atoms with Crippen molar-refractivity contribution in [2.45, 2.75) is 6.92 Å². The average molecular weight is 100 g/mol. The van der Waals surface area contributed by atoms with Gasteiger partial charge in [0.15, 0.2) is 0 Å². The number of rotatable bonds is 0. The molecule has 0 aromatic heterocycles. The van der Waals surface area contributed by atoms with Crippen molar-refractivity contribution in [2.24, 2.45) is 0 Å². The average Bonchev–Trinajstić information content (AvgIpc) is 1.87. The molecule has 3 nitrogen and oxygen atoms in total. The van der Waals surface area contributed by atoms with Crippen LogP contribution in [0.3, 0.4) is 0 Å². The quantitative estimate of drug-likeness (QED) is 0.422. The van der Waals surface area contributed by atoms with E-state index < -0.39 is 0 Å². The maximum absolute atomic E-state index is 10.1. The lowest BCUT2D eigenvalue weighted by atomic mass is 10.6. The van der Waals surface area contributed by atoms with Gasteiger partial charge in [-0.3, -0.25) is 10.1 Å². The van der Waals surface area contributed by atoms with Gasteiger partial charge in [-0.1, -0.05) is 0 Å². The molecule has 0 aliphatic carbocycles. The number of nitrogens with one attached hydrogen (secondary N) is 1. The minimum absolute atomic E-state index is 0.197. The predicted octanol–water partition coefficient (Wildman–Crippen LogP) is -0.358. The summed E-state index contributed by atoms with van der Waals surface area (Å²) < 4.78 is 4.53. The van der Waals surface area contributed by atoms with Crippen molar-refractivity contribution in [3.8, 4) is 0 Å². The molecule has 0 saturated carbocycles. The van der Waals surface area contributed by atoms with Crippen LogP contribution in [0.25, 0.3) is 0 Å². The lowest BCUT2D eigenvalue weighted by Crippen LogP contribution is -2.09. The van der Waals surface area contributed by atoms with E-state index in [0.29, 0.717) is 12.8 Å². The van der Waals surface area contributed by atoms with E-state index in [9.17, 15) is 4.79 Å². The first-order valence-electron chi connectivity index (χ1n) is 2.07. The van der Waals surface area contributed by atoms with Gasteiger partial charge in [-0.2, -0.15) is 0 Å². The summed E-state index contributed by atoms with van der Waals surface area (Å²) in [6.45, 7) is 2.04. The third-order valence-corrected chi connectivity index (χ3v) is 0.749. The molecule has 0 amide bonds. The van der Waals surface area contributed by atoms with E-state index >= 15 is 0 Å². The van der Waals surface area contributed by atoms with Crippen LogP contribution in [0, 0.1) is 6.23 Å². The number of carbonyl (C=O) groups excluding carboxylic acids is 1. The van der Waals surface area contributed by atoms with E-state index in [-0.39, 0.29) is 5.97 Å². The fourth-order valence-corrected chi connectivity index (χ4v) is 0.440. The van der Waals surface area contributed by atoms with Crippen molar-refractivity contribution in [3.63, 3.8) is 0 Å². The summed E-state index contributed by atoms with van der Waals surface area (Å²) in [7, 11) is 0. The molecule has 1 rings (SSSR count). The van der Waals surface area contributed by atoms with Crippen molar-refractivity contribution in [2.75, 3.05) is 6.54 Å². The predicted molar refractivity (Wildman–Crippen MR) is 23.0 cm³/mol. The van der Waals surface area contributed by atoms with Crippen LogP contribution in [-0.4, -0.2) is 12.5 Å². The molecule has 7 heavy (non-hydrogen) atoms. The van der Waals surface area contributed by atoms with E-state index in [1.165, 1.54) is 0 Å². The van der Waals surface area contributed by atoms with Crippen LogP contribution in [0.2, 0.25) is 0 Å². The zero-order chi connectivity index (χ0) is 5.28. The highest BCUT2D eigenvalue weighted by atomic mass is 16.6. The van der Waals surface area contributed by atoms with Gasteiger partial charge in [0.1, 0.15) is 0 Å². The lowest BCUT2D eigenvalue weighted by molar-refractivity contribution is -0.136. The Labute approximate surface area is 41.7 Å². The van der Waals surface area contributed by atoms with E-state index in [1.807, 2.05) is 0 Å². The zero-order valence-electron chi connectivity index (χ0n) is 4.02. The monoisotopic (exact) mass is 100 g/mol. The van der Waals surface area contributed by atoms with Gasteiger partial charge in [0, 0.05) is 0 Å². The first-order chi connectivity index (χ1) is 3.29. The summed E-state index contributed by atoms with van der Waals surface area (Å²) in [6, 6.07) is 0. The smallest absolute Gasteiger partial charge is 0.322 e. The lowest BCUT2D eigenvalue weighted by Gasteiger charge is -1.93. The molecule has 0 aromatic rings. The summed E-state index contributed by atoms with van der Waals surface area (Å²) in [5.74, 6) is -0.197. The zero-order valence-corrected chi connectivity index (χ0v) is 4.02. The molecule has 39 valence electrons. The number of carbonyl (C=O) groups is 1. The Kier molecular flexibility index (Phi) is 0.982. The minimum atomic E-state index is -0.197. The van der Waals surface area contributed by atoms with E-state index in [4.69, 9.17) is 0 Å². The number of ether oxygens (including phenoxy) is 1.